The third-order valence-corrected chi connectivity index (χ3v) is 2.79. The normalized spacial score (nSPS) is 12.3. The third-order valence-electron chi connectivity index (χ3n) is 2.79. The van der Waals surface area contributed by atoms with Crippen molar-refractivity contribution in [2.24, 2.45) is 5.92 Å². The summed E-state index contributed by atoms with van der Waals surface area (Å²) in [5, 5.41) is 2.99. The first-order chi connectivity index (χ1) is 7.06. The number of carbonyl (C=O) groups excluding carboxylic acids is 1. The van der Waals surface area contributed by atoms with Gasteiger partial charge in [-0.05, 0) is 31.4 Å². The fourth-order valence-corrected chi connectivity index (χ4v) is 1.44. The highest BCUT2D eigenvalue weighted by Crippen LogP contribution is 2.20. The predicted molar refractivity (Wildman–Crippen MR) is 64.0 cm³/mol. The summed E-state index contributed by atoms with van der Waals surface area (Å²) < 4.78 is 0. The van der Waals surface area contributed by atoms with Crippen LogP contribution in [-0.4, -0.2) is 5.91 Å². The molecule has 0 radical (unpaired) electrons. The maximum atomic E-state index is 11.7. The van der Waals surface area contributed by atoms with Gasteiger partial charge in [0.15, 0.2) is 0 Å². The van der Waals surface area contributed by atoms with E-state index < -0.39 is 0 Å². The molecule has 1 aromatic rings. The summed E-state index contributed by atoms with van der Waals surface area (Å²) in [6.45, 7) is 8.00. The zero-order valence-electron chi connectivity index (χ0n) is 9.92. The SMILES string of the molecule is CCC(C)C(=O)Nc1c(C)cccc1C. The highest BCUT2D eigenvalue weighted by atomic mass is 16.1. The van der Waals surface area contributed by atoms with E-state index in [9.17, 15) is 4.79 Å². The zero-order chi connectivity index (χ0) is 11.4. The lowest BCUT2D eigenvalue weighted by Gasteiger charge is -2.14. The molecule has 0 heterocycles. The van der Waals surface area contributed by atoms with Gasteiger partial charge < -0.3 is 5.32 Å². The number of hydrogen-bond donors (Lipinski definition) is 1. The Bertz CT molecular complexity index is 337. The van der Waals surface area contributed by atoms with Crippen molar-refractivity contribution in [3.8, 4) is 0 Å². The molecule has 0 aliphatic carbocycles. The van der Waals surface area contributed by atoms with E-state index in [1.165, 1.54) is 0 Å². The lowest BCUT2D eigenvalue weighted by molar-refractivity contribution is -0.119. The summed E-state index contributed by atoms with van der Waals surface area (Å²) in [5.41, 5.74) is 3.20. The lowest BCUT2D eigenvalue weighted by Crippen LogP contribution is -2.20. The quantitative estimate of drug-likeness (QED) is 0.806. The van der Waals surface area contributed by atoms with Crippen molar-refractivity contribution in [3.63, 3.8) is 0 Å². The molecule has 15 heavy (non-hydrogen) atoms. The van der Waals surface area contributed by atoms with Crippen molar-refractivity contribution >= 4 is 11.6 Å². The van der Waals surface area contributed by atoms with Crippen LogP contribution in [0.2, 0.25) is 0 Å². The number of carbonyl (C=O) groups is 1. The van der Waals surface area contributed by atoms with Gasteiger partial charge in [-0.1, -0.05) is 32.0 Å². The number of rotatable bonds is 3. The van der Waals surface area contributed by atoms with Crippen LogP contribution in [0.25, 0.3) is 0 Å². The van der Waals surface area contributed by atoms with Crippen molar-refractivity contribution in [2.45, 2.75) is 34.1 Å². The second kappa shape index (κ2) is 4.96. The highest BCUT2D eigenvalue weighted by Gasteiger charge is 2.12. The Morgan fingerprint density at radius 3 is 2.33 bits per heavy atom. The molecule has 0 aliphatic heterocycles. The van der Waals surface area contributed by atoms with Crippen LogP contribution in [0, 0.1) is 19.8 Å². The molecule has 1 rings (SSSR count). The van der Waals surface area contributed by atoms with E-state index >= 15 is 0 Å². The maximum Gasteiger partial charge on any atom is 0.227 e. The molecule has 0 saturated carbocycles. The molecule has 0 fully saturated rings. The minimum atomic E-state index is 0.0732. The number of anilines is 1. The van der Waals surface area contributed by atoms with E-state index in [4.69, 9.17) is 0 Å². The highest BCUT2D eigenvalue weighted by molar-refractivity contribution is 5.93. The summed E-state index contributed by atoms with van der Waals surface area (Å²) in [4.78, 5) is 11.7. The zero-order valence-corrected chi connectivity index (χ0v) is 9.92. The number of hydrogen-bond acceptors (Lipinski definition) is 1. The molecule has 2 nitrogen and oxygen atoms in total. The van der Waals surface area contributed by atoms with Crippen LogP contribution in [0.1, 0.15) is 31.4 Å². The van der Waals surface area contributed by atoms with E-state index in [1.807, 2.05) is 45.9 Å². The molecule has 0 saturated heterocycles. The van der Waals surface area contributed by atoms with Gasteiger partial charge >= 0.3 is 0 Å². The van der Waals surface area contributed by atoms with Gasteiger partial charge in [-0.3, -0.25) is 4.79 Å². The van der Waals surface area contributed by atoms with E-state index in [-0.39, 0.29) is 11.8 Å². The standard InChI is InChI=1S/C13H19NO/c1-5-9(2)13(15)14-12-10(3)7-6-8-11(12)4/h6-9H,5H2,1-4H3,(H,14,15). The second-order valence-corrected chi connectivity index (χ2v) is 4.07. The second-order valence-electron chi connectivity index (χ2n) is 4.07. The van der Waals surface area contributed by atoms with Crippen LogP contribution in [0.5, 0.6) is 0 Å². The van der Waals surface area contributed by atoms with Gasteiger partial charge in [-0.25, -0.2) is 0 Å². The average molecular weight is 205 g/mol. The Balaban J connectivity index is 2.85. The number of benzene rings is 1. The van der Waals surface area contributed by atoms with Gasteiger partial charge in [-0.15, -0.1) is 0 Å². The molecule has 1 N–H and O–H groups in total. The summed E-state index contributed by atoms with van der Waals surface area (Å²) in [5.74, 6) is 0.180. The average Bonchev–Trinajstić information content (AvgIpc) is 2.22. The third kappa shape index (κ3) is 2.82. The lowest BCUT2D eigenvalue weighted by atomic mass is 10.1. The summed E-state index contributed by atoms with van der Waals surface area (Å²) in [6.07, 6.45) is 0.872. The first-order valence-corrected chi connectivity index (χ1v) is 5.43. The molecule has 0 aliphatic rings. The number of aryl methyl sites for hydroxylation is 2. The molecule has 0 bridgehead atoms. The van der Waals surface area contributed by atoms with Crippen molar-refractivity contribution in [1.82, 2.24) is 0 Å². The fraction of sp³-hybridized carbons (Fsp3) is 0.462. The van der Waals surface area contributed by atoms with Gasteiger partial charge in [0.05, 0.1) is 0 Å². The Hall–Kier alpha value is -1.31. The van der Waals surface area contributed by atoms with Gasteiger partial charge in [-0.2, -0.15) is 0 Å². The molecular formula is C13H19NO. The van der Waals surface area contributed by atoms with Gasteiger partial charge in [0.1, 0.15) is 0 Å². The van der Waals surface area contributed by atoms with Crippen molar-refractivity contribution < 1.29 is 4.79 Å². The van der Waals surface area contributed by atoms with Crippen LogP contribution < -0.4 is 5.32 Å². The Labute approximate surface area is 91.7 Å². The number of nitrogens with one attached hydrogen (secondary N) is 1. The molecule has 1 atom stereocenters. The molecule has 1 amide bonds. The molecular weight excluding hydrogens is 186 g/mol. The van der Waals surface area contributed by atoms with Crippen molar-refractivity contribution in [2.75, 3.05) is 5.32 Å². The van der Waals surface area contributed by atoms with E-state index in [2.05, 4.69) is 5.32 Å². The molecule has 2 heteroatoms. The molecule has 82 valence electrons. The van der Waals surface area contributed by atoms with E-state index in [1.54, 1.807) is 0 Å². The van der Waals surface area contributed by atoms with Crippen LogP contribution in [0.3, 0.4) is 0 Å². The largest absolute Gasteiger partial charge is 0.325 e. The van der Waals surface area contributed by atoms with Gasteiger partial charge in [0.2, 0.25) is 5.91 Å². The summed E-state index contributed by atoms with van der Waals surface area (Å²) in [7, 11) is 0. The van der Waals surface area contributed by atoms with Crippen LogP contribution >= 0.6 is 0 Å². The molecule has 0 spiro atoms. The number of amides is 1. The van der Waals surface area contributed by atoms with Crippen LogP contribution in [0.15, 0.2) is 18.2 Å². The monoisotopic (exact) mass is 205 g/mol. The Kier molecular flexibility index (Phi) is 3.89. The first kappa shape index (κ1) is 11.8. The maximum absolute atomic E-state index is 11.7. The topological polar surface area (TPSA) is 29.1 Å². The number of para-hydroxylation sites is 1. The predicted octanol–water partition coefficient (Wildman–Crippen LogP) is 3.29. The minimum absolute atomic E-state index is 0.0732. The van der Waals surface area contributed by atoms with E-state index in [0.717, 1.165) is 23.2 Å². The van der Waals surface area contributed by atoms with Crippen LogP contribution in [-0.2, 0) is 4.79 Å². The van der Waals surface area contributed by atoms with Crippen molar-refractivity contribution in [3.05, 3.63) is 29.3 Å². The summed E-state index contributed by atoms with van der Waals surface area (Å²) in [6, 6.07) is 6.03. The minimum Gasteiger partial charge on any atom is -0.325 e. The van der Waals surface area contributed by atoms with Gasteiger partial charge in [0, 0.05) is 11.6 Å². The Morgan fingerprint density at radius 2 is 1.87 bits per heavy atom. The smallest absolute Gasteiger partial charge is 0.227 e. The van der Waals surface area contributed by atoms with E-state index in [0.29, 0.717) is 0 Å². The molecule has 0 aromatic heterocycles. The van der Waals surface area contributed by atoms with Gasteiger partial charge in [0.25, 0.3) is 0 Å². The molecule has 1 aromatic carbocycles. The fourth-order valence-electron chi connectivity index (χ4n) is 1.44. The molecule has 1 unspecified atom stereocenters. The first-order valence-electron chi connectivity index (χ1n) is 5.43. The van der Waals surface area contributed by atoms with Crippen molar-refractivity contribution in [1.29, 1.82) is 0 Å². The summed E-state index contributed by atoms with van der Waals surface area (Å²) >= 11 is 0. The Morgan fingerprint density at radius 1 is 1.33 bits per heavy atom. The van der Waals surface area contributed by atoms with Crippen LogP contribution in [0.4, 0.5) is 5.69 Å².